The highest BCUT2D eigenvalue weighted by atomic mass is 19.3. The van der Waals surface area contributed by atoms with Crippen LogP contribution in [-0.4, -0.2) is 57.3 Å². The van der Waals surface area contributed by atoms with Crippen molar-refractivity contribution in [1.82, 2.24) is 10.2 Å². The molecule has 13 heavy (non-hydrogen) atoms. The summed E-state index contributed by atoms with van der Waals surface area (Å²) in [6.07, 6.45) is -2.26. The van der Waals surface area contributed by atoms with Crippen molar-refractivity contribution < 1.29 is 13.5 Å². The number of hydrogen-bond donors (Lipinski definition) is 1. The Balaban J connectivity index is 2.14. The fourth-order valence-electron chi connectivity index (χ4n) is 1.42. The Bertz CT molecular complexity index is 140. The Hall–Kier alpha value is -0.260. The molecule has 0 aromatic rings. The Morgan fingerprint density at radius 3 is 2.92 bits per heavy atom. The van der Waals surface area contributed by atoms with Crippen LogP contribution < -0.4 is 5.32 Å². The molecule has 1 rings (SSSR count). The molecule has 0 spiro atoms. The number of nitrogens with zero attached hydrogens (tertiary/aromatic N) is 1. The van der Waals surface area contributed by atoms with E-state index >= 15 is 0 Å². The summed E-state index contributed by atoms with van der Waals surface area (Å²) in [6.45, 7) is 2.60. The van der Waals surface area contributed by atoms with Crippen LogP contribution in [0, 0.1) is 0 Å². The van der Waals surface area contributed by atoms with Gasteiger partial charge >= 0.3 is 0 Å². The smallest absolute Gasteiger partial charge is 0.251 e. The van der Waals surface area contributed by atoms with E-state index in [4.69, 9.17) is 4.74 Å². The molecule has 1 N–H and O–H groups in total. The van der Waals surface area contributed by atoms with Crippen LogP contribution in [0.2, 0.25) is 0 Å². The first-order valence-corrected chi connectivity index (χ1v) is 4.46. The van der Waals surface area contributed by atoms with Gasteiger partial charge in [-0.3, -0.25) is 4.90 Å². The standard InChI is InChI=1S/C8H16F2N2O/c1-12(5-8(9)10)4-7-6-13-3-2-11-7/h7-8,11H,2-6H2,1H3. The van der Waals surface area contributed by atoms with Crippen molar-refractivity contribution in [2.24, 2.45) is 0 Å². The molecule has 1 atom stereocenters. The van der Waals surface area contributed by atoms with E-state index in [0.717, 1.165) is 13.2 Å². The van der Waals surface area contributed by atoms with Gasteiger partial charge in [0.25, 0.3) is 6.43 Å². The average molecular weight is 194 g/mol. The van der Waals surface area contributed by atoms with Crippen molar-refractivity contribution in [3.63, 3.8) is 0 Å². The van der Waals surface area contributed by atoms with Crippen molar-refractivity contribution in [2.45, 2.75) is 12.5 Å². The molecule has 1 saturated heterocycles. The number of likely N-dealkylation sites (N-methyl/N-ethyl adjacent to an activating group) is 1. The van der Waals surface area contributed by atoms with E-state index in [1.54, 1.807) is 11.9 Å². The molecule has 0 radical (unpaired) electrons. The molecule has 1 fully saturated rings. The van der Waals surface area contributed by atoms with Gasteiger partial charge in [-0.2, -0.15) is 0 Å². The Morgan fingerprint density at radius 2 is 2.38 bits per heavy atom. The van der Waals surface area contributed by atoms with Crippen LogP contribution >= 0.6 is 0 Å². The highest BCUT2D eigenvalue weighted by Crippen LogP contribution is 1.99. The van der Waals surface area contributed by atoms with Gasteiger partial charge in [-0.1, -0.05) is 0 Å². The summed E-state index contributed by atoms with van der Waals surface area (Å²) >= 11 is 0. The molecule has 0 saturated carbocycles. The van der Waals surface area contributed by atoms with Gasteiger partial charge in [-0.05, 0) is 7.05 Å². The first-order valence-electron chi connectivity index (χ1n) is 4.46. The largest absolute Gasteiger partial charge is 0.378 e. The zero-order valence-electron chi connectivity index (χ0n) is 7.80. The van der Waals surface area contributed by atoms with Crippen LogP contribution in [0.5, 0.6) is 0 Å². The van der Waals surface area contributed by atoms with E-state index in [-0.39, 0.29) is 12.6 Å². The lowest BCUT2D eigenvalue weighted by Gasteiger charge is -2.27. The normalized spacial score (nSPS) is 24.2. The Kier molecular flexibility index (Phi) is 4.55. The minimum Gasteiger partial charge on any atom is -0.378 e. The van der Waals surface area contributed by atoms with Gasteiger partial charge in [0, 0.05) is 19.1 Å². The van der Waals surface area contributed by atoms with E-state index in [9.17, 15) is 8.78 Å². The zero-order valence-corrected chi connectivity index (χ0v) is 7.80. The van der Waals surface area contributed by atoms with Crippen molar-refractivity contribution in [2.75, 3.05) is 39.9 Å². The molecular weight excluding hydrogens is 178 g/mol. The maximum atomic E-state index is 11.9. The van der Waals surface area contributed by atoms with E-state index in [1.165, 1.54) is 0 Å². The second-order valence-corrected chi connectivity index (χ2v) is 3.34. The number of nitrogens with one attached hydrogen (secondary N) is 1. The third-order valence-electron chi connectivity index (χ3n) is 1.98. The maximum Gasteiger partial charge on any atom is 0.251 e. The number of hydrogen-bond acceptors (Lipinski definition) is 3. The van der Waals surface area contributed by atoms with Crippen molar-refractivity contribution in [3.8, 4) is 0 Å². The van der Waals surface area contributed by atoms with Crippen LogP contribution in [0.3, 0.4) is 0 Å². The van der Waals surface area contributed by atoms with E-state index < -0.39 is 6.43 Å². The van der Waals surface area contributed by atoms with Crippen molar-refractivity contribution in [3.05, 3.63) is 0 Å². The third-order valence-corrected chi connectivity index (χ3v) is 1.98. The molecule has 78 valence electrons. The predicted molar refractivity (Wildman–Crippen MR) is 46.1 cm³/mol. The van der Waals surface area contributed by atoms with Gasteiger partial charge in [0.2, 0.25) is 0 Å². The Labute approximate surface area is 77.0 Å². The fourth-order valence-corrected chi connectivity index (χ4v) is 1.42. The van der Waals surface area contributed by atoms with Gasteiger partial charge in [0.05, 0.1) is 19.8 Å². The zero-order chi connectivity index (χ0) is 9.68. The summed E-state index contributed by atoms with van der Waals surface area (Å²) in [4.78, 5) is 1.62. The fraction of sp³-hybridized carbons (Fsp3) is 1.00. The predicted octanol–water partition coefficient (Wildman–Crippen LogP) is 0.172. The average Bonchev–Trinajstić information content (AvgIpc) is 2.04. The van der Waals surface area contributed by atoms with Crippen molar-refractivity contribution >= 4 is 0 Å². The quantitative estimate of drug-likeness (QED) is 0.690. The molecule has 0 amide bonds. The van der Waals surface area contributed by atoms with E-state index in [1.807, 2.05) is 0 Å². The van der Waals surface area contributed by atoms with Crippen LogP contribution in [0.1, 0.15) is 0 Å². The third kappa shape index (κ3) is 4.50. The monoisotopic (exact) mass is 194 g/mol. The number of rotatable bonds is 4. The lowest BCUT2D eigenvalue weighted by Crippen LogP contribution is -2.48. The summed E-state index contributed by atoms with van der Waals surface area (Å²) in [7, 11) is 1.70. The summed E-state index contributed by atoms with van der Waals surface area (Å²) in [6, 6.07) is 0.192. The summed E-state index contributed by atoms with van der Waals surface area (Å²) < 4.78 is 29.1. The molecule has 0 aliphatic carbocycles. The topological polar surface area (TPSA) is 24.5 Å². The molecule has 1 heterocycles. The molecule has 0 bridgehead atoms. The molecular formula is C8H16F2N2O. The van der Waals surface area contributed by atoms with Gasteiger partial charge in [0.1, 0.15) is 0 Å². The number of halogens is 2. The maximum absolute atomic E-state index is 11.9. The van der Waals surface area contributed by atoms with Crippen LogP contribution in [0.25, 0.3) is 0 Å². The van der Waals surface area contributed by atoms with Crippen LogP contribution in [0.4, 0.5) is 8.78 Å². The van der Waals surface area contributed by atoms with Gasteiger partial charge < -0.3 is 10.1 Å². The first kappa shape index (κ1) is 10.8. The minimum atomic E-state index is -2.26. The lowest BCUT2D eigenvalue weighted by molar-refractivity contribution is 0.0505. The summed E-state index contributed by atoms with van der Waals surface area (Å²) in [5.41, 5.74) is 0. The number of ether oxygens (including phenoxy) is 1. The van der Waals surface area contributed by atoms with Gasteiger partial charge in [-0.15, -0.1) is 0 Å². The second-order valence-electron chi connectivity index (χ2n) is 3.34. The highest BCUT2D eigenvalue weighted by Gasteiger charge is 2.16. The summed E-state index contributed by atoms with van der Waals surface area (Å²) in [5, 5.41) is 3.21. The van der Waals surface area contributed by atoms with Gasteiger partial charge in [0.15, 0.2) is 0 Å². The highest BCUT2D eigenvalue weighted by molar-refractivity contribution is 4.73. The SMILES string of the molecule is CN(CC(F)F)CC1COCCN1. The molecule has 0 aromatic carbocycles. The summed E-state index contributed by atoms with van der Waals surface area (Å²) in [5.74, 6) is 0. The minimum absolute atomic E-state index is 0.168. The van der Waals surface area contributed by atoms with E-state index in [0.29, 0.717) is 13.2 Å². The molecule has 1 unspecified atom stereocenters. The van der Waals surface area contributed by atoms with Crippen LogP contribution in [-0.2, 0) is 4.74 Å². The van der Waals surface area contributed by atoms with Crippen LogP contribution in [0.15, 0.2) is 0 Å². The molecule has 5 heteroatoms. The molecule has 1 aliphatic rings. The Morgan fingerprint density at radius 1 is 1.62 bits per heavy atom. The van der Waals surface area contributed by atoms with E-state index in [2.05, 4.69) is 5.32 Å². The number of morpholine rings is 1. The molecule has 3 nitrogen and oxygen atoms in total. The second kappa shape index (κ2) is 5.47. The molecule has 1 aliphatic heterocycles. The lowest BCUT2D eigenvalue weighted by atomic mass is 10.2. The first-order chi connectivity index (χ1) is 6.18. The van der Waals surface area contributed by atoms with Gasteiger partial charge in [-0.25, -0.2) is 8.78 Å². The molecule has 0 aromatic heterocycles. The van der Waals surface area contributed by atoms with Crippen molar-refractivity contribution in [1.29, 1.82) is 0 Å². The number of alkyl halides is 2.